The van der Waals surface area contributed by atoms with Crippen molar-refractivity contribution in [3.63, 3.8) is 0 Å². The smallest absolute Gasteiger partial charge is 0.352 e. The van der Waals surface area contributed by atoms with Gasteiger partial charge < -0.3 is 15.4 Å². The van der Waals surface area contributed by atoms with E-state index in [4.69, 9.17) is 5.11 Å². The van der Waals surface area contributed by atoms with E-state index in [1.807, 2.05) is 18.2 Å². The molecule has 0 saturated carbocycles. The number of hydrogen-bond donors (Lipinski definition) is 3. The molecular weight excluding hydrogens is 336 g/mol. The van der Waals surface area contributed by atoms with Crippen LogP contribution in [-0.4, -0.2) is 22.0 Å². The van der Waals surface area contributed by atoms with Gasteiger partial charge in [0.1, 0.15) is 5.69 Å². The van der Waals surface area contributed by atoms with Gasteiger partial charge in [-0.05, 0) is 42.8 Å². The molecule has 6 heteroatoms. The van der Waals surface area contributed by atoms with Crippen molar-refractivity contribution in [3.8, 4) is 0 Å². The van der Waals surface area contributed by atoms with Gasteiger partial charge in [-0.2, -0.15) is 0 Å². The molecule has 0 radical (unpaired) electrons. The Balaban J connectivity index is 2.11. The first-order valence-corrected chi connectivity index (χ1v) is 7.01. The summed E-state index contributed by atoms with van der Waals surface area (Å²) in [4.78, 5) is 25.9. The Kier molecular flexibility index (Phi) is 3.17. The lowest BCUT2D eigenvalue weighted by molar-refractivity contribution is -0.110. The standard InChI is InChI=1S/C15H11BrN2O3/c1-7-4-13(15(20)21)17-12(7)6-10-9-5-8(16)2-3-11(9)18-14(10)19/h2-6,17H,1H3,(H,18,19)(H,20,21). The Morgan fingerprint density at radius 2 is 2.10 bits per heavy atom. The van der Waals surface area contributed by atoms with Gasteiger partial charge in [-0.25, -0.2) is 4.79 Å². The van der Waals surface area contributed by atoms with Crippen LogP contribution in [-0.2, 0) is 4.79 Å². The van der Waals surface area contributed by atoms with Gasteiger partial charge in [0.2, 0.25) is 0 Å². The van der Waals surface area contributed by atoms with Gasteiger partial charge in [0.25, 0.3) is 5.91 Å². The summed E-state index contributed by atoms with van der Waals surface area (Å²) in [5, 5.41) is 11.8. The number of carboxylic acid groups (broad SMARTS) is 1. The fourth-order valence-electron chi connectivity index (χ4n) is 2.29. The Bertz CT molecular complexity index is 805. The lowest BCUT2D eigenvalue weighted by Crippen LogP contribution is -2.03. The third-order valence-electron chi connectivity index (χ3n) is 3.34. The molecule has 2 heterocycles. The number of halogens is 1. The summed E-state index contributed by atoms with van der Waals surface area (Å²) >= 11 is 3.38. The van der Waals surface area contributed by atoms with Crippen LogP contribution in [0, 0.1) is 6.92 Å². The SMILES string of the molecule is Cc1cc(C(=O)O)[nH]c1C=C1C(=O)Nc2ccc(Br)cc21. The highest BCUT2D eigenvalue weighted by Crippen LogP contribution is 2.35. The van der Waals surface area contributed by atoms with Crippen LogP contribution in [0.3, 0.4) is 0 Å². The third kappa shape index (κ3) is 2.38. The van der Waals surface area contributed by atoms with E-state index in [2.05, 4.69) is 26.2 Å². The zero-order chi connectivity index (χ0) is 15.1. The summed E-state index contributed by atoms with van der Waals surface area (Å²) in [7, 11) is 0. The van der Waals surface area contributed by atoms with Crippen molar-refractivity contribution < 1.29 is 14.7 Å². The lowest BCUT2D eigenvalue weighted by Gasteiger charge is -1.99. The number of rotatable bonds is 2. The van der Waals surface area contributed by atoms with Crippen LogP contribution < -0.4 is 5.32 Å². The van der Waals surface area contributed by atoms with Crippen molar-refractivity contribution in [1.82, 2.24) is 4.98 Å². The van der Waals surface area contributed by atoms with Crippen LogP contribution in [0.2, 0.25) is 0 Å². The summed E-state index contributed by atoms with van der Waals surface area (Å²) in [6, 6.07) is 7.08. The number of benzene rings is 1. The number of carboxylic acids is 1. The number of aromatic nitrogens is 1. The molecular formula is C15H11BrN2O3. The Morgan fingerprint density at radius 3 is 2.76 bits per heavy atom. The maximum atomic E-state index is 12.1. The molecule has 1 aliphatic rings. The molecule has 0 spiro atoms. The topological polar surface area (TPSA) is 82.2 Å². The van der Waals surface area contributed by atoms with Gasteiger partial charge in [0, 0.05) is 21.4 Å². The van der Waals surface area contributed by atoms with E-state index in [0.717, 1.165) is 21.3 Å². The average molecular weight is 347 g/mol. The van der Waals surface area contributed by atoms with E-state index in [0.29, 0.717) is 11.3 Å². The predicted octanol–water partition coefficient (Wildman–Crippen LogP) is 3.28. The molecule has 106 valence electrons. The number of H-pyrrole nitrogens is 1. The summed E-state index contributed by atoms with van der Waals surface area (Å²) in [5.74, 6) is -1.23. The molecule has 3 rings (SSSR count). The van der Waals surface area contributed by atoms with Crippen LogP contribution in [0.4, 0.5) is 5.69 Å². The first-order chi connectivity index (χ1) is 9.95. The second-order valence-corrected chi connectivity index (χ2v) is 5.70. The number of nitrogens with one attached hydrogen (secondary N) is 2. The van der Waals surface area contributed by atoms with E-state index in [9.17, 15) is 9.59 Å². The Labute approximate surface area is 128 Å². The number of hydrogen-bond acceptors (Lipinski definition) is 2. The number of carbonyl (C=O) groups is 2. The molecule has 0 aliphatic carbocycles. The second kappa shape index (κ2) is 4.89. The van der Waals surface area contributed by atoms with Gasteiger partial charge in [-0.15, -0.1) is 0 Å². The fourth-order valence-corrected chi connectivity index (χ4v) is 2.65. The molecule has 1 amide bonds. The van der Waals surface area contributed by atoms with Gasteiger partial charge >= 0.3 is 5.97 Å². The number of amides is 1. The monoisotopic (exact) mass is 346 g/mol. The van der Waals surface area contributed by atoms with Crippen LogP contribution in [0.15, 0.2) is 28.7 Å². The number of fused-ring (bicyclic) bond motifs is 1. The third-order valence-corrected chi connectivity index (χ3v) is 3.83. The van der Waals surface area contributed by atoms with E-state index in [1.165, 1.54) is 0 Å². The van der Waals surface area contributed by atoms with Crippen LogP contribution in [0.25, 0.3) is 11.6 Å². The first kappa shape index (κ1) is 13.6. The maximum Gasteiger partial charge on any atom is 0.352 e. The number of carbonyl (C=O) groups excluding carboxylic acids is 1. The van der Waals surface area contributed by atoms with Gasteiger partial charge in [-0.3, -0.25) is 4.79 Å². The van der Waals surface area contributed by atoms with Crippen molar-refractivity contribution in [2.24, 2.45) is 0 Å². The average Bonchev–Trinajstić information content (AvgIpc) is 2.93. The van der Waals surface area contributed by atoms with E-state index in [1.54, 1.807) is 19.1 Å². The second-order valence-electron chi connectivity index (χ2n) is 4.79. The number of aromatic amines is 1. The predicted molar refractivity (Wildman–Crippen MR) is 83.1 cm³/mol. The number of aromatic carboxylic acids is 1. The molecule has 0 fully saturated rings. The molecule has 3 N–H and O–H groups in total. The molecule has 1 aromatic carbocycles. The van der Waals surface area contributed by atoms with Crippen LogP contribution in [0.5, 0.6) is 0 Å². The molecule has 2 aromatic rings. The van der Waals surface area contributed by atoms with Crippen LogP contribution in [0.1, 0.15) is 27.3 Å². The molecule has 5 nitrogen and oxygen atoms in total. The van der Waals surface area contributed by atoms with Crippen molar-refractivity contribution in [3.05, 3.63) is 51.3 Å². The number of anilines is 1. The molecule has 1 aliphatic heterocycles. The maximum absolute atomic E-state index is 12.1. The minimum Gasteiger partial charge on any atom is -0.477 e. The minimum absolute atomic E-state index is 0.104. The van der Waals surface area contributed by atoms with Crippen molar-refractivity contribution in [2.45, 2.75) is 6.92 Å². The summed E-state index contributed by atoms with van der Waals surface area (Å²) in [6.07, 6.45) is 1.68. The normalized spacial score (nSPS) is 15.1. The molecule has 0 atom stereocenters. The minimum atomic E-state index is -1.03. The molecule has 0 unspecified atom stereocenters. The van der Waals surface area contributed by atoms with Gasteiger partial charge in [0.05, 0.1) is 5.57 Å². The summed E-state index contributed by atoms with van der Waals surface area (Å²) < 4.78 is 0.873. The largest absolute Gasteiger partial charge is 0.477 e. The molecule has 0 saturated heterocycles. The Morgan fingerprint density at radius 1 is 1.33 bits per heavy atom. The fraction of sp³-hybridized carbons (Fsp3) is 0.0667. The number of aryl methyl sites for hydroxylation is 1. The quantitative estimate of drug-likeness (QED) is 0.729. The highest BCUT2D eigenvalue weighted by Gasteiger charge is 2.24. The van der Waals surface area contributed by atoms with Crippen LogP contribution >= 0.6 is 15.9 Å². The Hall–Kier alpha value is -2.34. The molecule has 1 aromatic heterocycles. The lowest BCUT2D eigenvalue weighted by atomic mass is 10.1. The highest BCUT2D eigenvalue weighted by molar-refractivity contribution is 9.10. The zero-order valence-electron chi connectivity index (χ0n) is 11.0. The highest BCUT2D eigenvalue weighted by atomic mass is 79.9. The zero-order valence-corrected chi connectivity index (χ0v) is 12.6. The van der Waals surface area contributed by atoms with E-state index in [-0.39, 0.29) is 11.6 Å². The van der Waals surface area contributed by atoms with Gasteiger partial charge in [-0.1, -0.05) is 15.9 Å². The van der Waals surface area contributed by atoms with Crippen molar-refractivity contribution in [2.75, 3.05) is 5.32 Å². The van der Waals surface area contributed by atoms with Gasteiger partial charge in [0.15, 0.2) is 0 Å². The molecule has 0 bridgehead atoms. The van der Waals surface area contributed by atoms with Crippen molar-refractivity contribution >= 4 is 45.1 Å². The summed E-state index contributed by atoms with van der Waals surface area (Å²) in [5.41, 5.74) is 3.54. The van der Waals surface area contributed by atoms with Crippen molar-refractivity contribution in [1.29, 1.82) is 0 Å². The first-order valence-electron chi connectivity index (χ1n) is 6.21. The van der Waals surface area contributed by atoms with E-state index < -0.39 is 5.97 Å². The summed E-state index contributed by atoms with van der Waals surface area (Å²) in [6.45, 7) is 1.80. The molecule has 21 heavy (non-hydrogen) atoms. The van der Waals surface area contributed by atoms with E-state index >= 15 is 0 Å².